The first-order chi connectivity index (χ1) is 11.9. The van der Waals surface area contributed by atoms with Crippen molar-refractivity contribution in [3.63, 3.8) is 0 Å². The third kappa shape index (κ3) is 5.50. The first-order valence-corrected chi connectivity index (χ1v) is 7.66. The number of methoxy groups -OCH3 is 2. The summed E-state index contributed by atoms with van der Waals surface area (Å²) in [6, 6.07) is 2.91. The van der Waals surface area contributed by atoms with Crippen LogP contribution in [0.4, 0.5) is 0 Å². The molecule has 22 heavy (non-hydrogen) atoms. The van der Waals surface area contributed by atoms with Gasteiger partial charge in [0.25, 0.3) is 0 Å². The Labute approximate surface area is 146 Å². The Kier molecular flexibility index (Phi) is 5.40. The minimum atomic E-state index is -2.51. The fourth-order valence-electron chi connectivity index (χ4n) is 1.59. The molecule has 0 aromatic heterocycles. The van der Waals surface area contributed by atoms with Gasteiger partial charge in [0.1, 0.15) is 11.5 Å². The largest absolute Gasteiger partial charge is 0.496 e. The van der Waals surface area contributed by atoms with Crippen molar-refractivity contribution in [2.45, 2.75) is 33.3 Å². The number of aryl methyl sites for hydroxylation is 1. The van der Waals surface area contributed by atoms with Crippen LogP contribution in [0.2, 0.25) is 0 Å². The quantitative estimate of drug-likeness (QED) is 0.684. The van der Waals surface area contributed by atoms with Crippen LogP contribution in [0.15, 0.2) is 16.6 Å². The van der Waals surface area contributed by atoms with Gasteiger partial charge in [-0.15, -0.1) is 0 Å². The second-order valence-electron chi connectivity index (χ2n) is 4.97. The fraction of sp³-hybridized carbons (Fsp3) is 0.562. The molecular weight excluding hydrogens is 348 g/mol. The average molecular weight is 377 g/mol. The molecule has 6 heteroatoms. The summed E-state index contributed by atoms with van der Waals surface area (Å²) in [5.41, 5.74) is -0.0139. The van der Waals surface area contributed by atoms with Gasteiger partial charge in [0, 0.05) is 17.9 Å². The third-order valence-electron chi connectivity index (χ3n) is 2.84. The summed E-state index contributed by atoms with van der Waals surface area (Å²) in [6.07, 6.45) is -3.26. The minimum Gasteiger partial charge on any atom is -0.496 e. The molecule has 5 nitrogen and oxygen atoms in total. The molecule has 1 amide bonds. The molecule has 0 fully saturated rings. The Morgan fingerprint density at radius 2 is 1.91 bits per heavy atom. The second kappa shape index (κ2) is 9.00. The predicted octanol–water partition coefficient (Wildman–Crippen LogP) is 2.72. The fourth-order valence-corrected chi connectivity index (χ4v) is 2.07. The van der Waals surface area contributed by atoms with E-state index in [2.05, 4.69) is 26.6 Å². The van der Waals surface area contributed by atoms with Crippen LogP contribution in [0.3, 0.4) is 0 Å². The van der Waals surface area contributed by atoms with Crippen LogP contribution in [0.25, 0.3) is 0 Å². The highest BCUT2D eigenvalue weighted by atomic mass is 79.9. The standard InChI is InChI=1S/C16H25BrN2O3/c1-10(2)16(20)19-11(3)18-7-6-12-8-15(22-5)13(17)9-14(12)21-4/h8-11,18H,6-7H2,1-5H3,(H,19,20)/i6D2,7D2. The van der Waals surface area contributed by atoms with Crippen LogP contribution in [-0.2, 0) is 11.2 Å². The molecule has 0 saturated carbocycles. The van der Waals surface area contributed by atoms with Crippen LogP contribution < -0.4 is 20.1 Å². The Balaban J connectivity index is 3.20. The maximum atomic E-state index is 11.8. The van der Waals surface area contributed by atoms with E-state index in [4.69, 9.17) is 15.0 Å². The molecule has 0 spiro atoms. The van der Waals surface area contributed by atoms with Crippen molar-refractivity contribution in [3.05, 3.63) is 22.2 Å². The van der Waals surface area contributed by atoms with E-state index in [1.54, 1.807) is 20.8 Å². The SMILES string of the molecule is [2H]C([2H])(NC(C)NC(=O)C(C)C)C([2H])([2H])c1cc(OC)c(Br)cc1OC. The van der Waals surface area contributed by atoms with Gasteiger partial charge in [0.15, 0.2) is 0 Å². The highest BCUT2D eigenvalue weighted by molar-refractivity contribution is 9.10. The zero-order chi connectivity index (χ0) is 20.3. The summed E-state index contributed by atoms with van der Waals surface area (Å²) < 4.78 is 44.2. The lowest BCUT2D eigenvalue weighted by Gasteiger charge is -2.18. The number of benzene rings is 1. The maximum absolute atomic E-state index is 11.8. The van der Waals surface area contributed by atoms with Gasteiger partial charge in [-0.3, -0.25) is 10.1 Å². The molecule has 0 aliphatic carbocycles. The van der Waals surface area contributed by atoms with Crippen LogP contribution in [0.5, 0.6) is 11.5 Å². The van der Waals surface area contributed by atoms with Gasteiger partial charge in [0.05, 0.1) is 24.9 Å². The summed E-state index contributed by atoms with van der Waals surface area (Å²) in [5, 5.41) is 5.10. The molecule has 0 saturated heterocycles. The second-order valence-corrected chi connectivity index (χ2v) is 5.82. The predicted molar refractivity (Wildman–Crippen MR) is 91.4 cm³/mol. The Morgan fingerprint density at radius 1 is 1.27 bits per heavy atom. The molecule has 0 heterocycles. The Morgan fingerprint density at radius 3 is 2.45 bits per heavy atom. The lowest BCUT2D eigenvalue weighted by Crippen LogP contribution is -2.45. The lowest BCUT2D eigenvalue weighted by molar-refractivity contribution is -0.124. The Hall–Kier alpha value is -1.27. The van der Waals surface area contributed by atoms with Crippen molar-refractivity contribution in [2.75, 3.05) is 20.7 Å². The normalized spacial score (nSPS) is 16.1. The third-order valence-corrected chi connectivity index (χ3v) is 3.46. The van der Waals surface area contributed by atoms with E-state index in [1.165, 1.54) is 26.4 Å². The smallest absolute Gasteiger partial charge is 0.223 e. The van der Waals surface area contributed by atoms with Gasteiger partial charge in [-0.2, -0.15) is 0 Å². The maximum Gasteiger partial charge on any atom is 0.223 e. The number of hydrogen-bond donors (Lipinski definition) is 2. The molecule has 124 valence electrons. The number of hydrogen-bond acceptors (Lipinski definition) is 4. The molecule has 0 bridgehead atoms. The van der Waals surface area contributed by atoms with E-state index in [9.17, 15) is 4.79 Å². The molecule has 1 atom stereocenters. The lowest BCUT2D eigenvalue weighted by atomic mass is 10.1. The summed E-state index contributed by atoms with van der Waals surface area (Å²) in [7, 11) is 2.81. The highest BCUT2D eigenvalue weighted by Gasteiger charge is 2.12. The number of carbonyl (C=O) groups is 1. The number of ether oxygens (including phenoxy) is 2. The molecule has 1 aromatic rings. The van der Waals surface area contributed by atoms with Gasteiger partial charge in [-0.25, -0.2) is 0 Å². The van der Waals surface area contributed by atoms with Crippen molar-refractivity contribution in [1.29, 1.82) is 0 Å². The summed E-state index contributed by atoms with van der Waals surface area (Å²) in [4.78, 5) is 11.8. The van der Waals surface area contributed by atoms with Gasteiger partial charge >= 0.3 is 0 Å². The van der Waals surface area contributed by atoms with Crippen molar-refractivity contribution >= 4 is 21.8 Å². The molecule has 0 aliphatic rings. The van der Waals surface area contributed by atoms with Crippen LogP contribution >= 0.6 is 15.9 Å². The summed E-state index contributed by atoms with van der Waals surface area (Å²) >= 11 is 3.30. The summed E-state index contributed by atoms with van der Waals surface area (Å²) in [6.45, 7) is 2.47. The average Bonchev–Trinajstić information content (AvgIpc) is 2.53. The van der Waals surface area contributed by atoms with Crippen LogP contribution in [0, 0.1) is 5.92 Å². The van der Waals surface area contributed by atoms with Crippen molar-refractivity contribution in [2.24, 2.45) is 5.92 Å². The summed E-state index contributed by atoms with van der Waals surface area (Å²) in [5.74, 6) is -0.00388. The van der Waals surface area contributed by atoms with Gasteiger partial charge in [-0.05, 0) is 46.9 Å². The number of carbonyl (C=O) groups excluding carboxylic acids is 1. The van der Waals surface area contributed by atoms with E-state index < -0.39 is 19.0 Å². The molecule has 0 radical (unpaired) electrons. The van der Waals surface area contributed by atoms with E-state index in [0.717, 1.165) is 0 Å². The first-order valence-electron chi connectivity index (χ1n) is 8.87. The number of rotatable bonds is 8. The zero-order valence-electron chi connectivity index (χ0n) is 17.4. The Bertz CT molecular complexity index is 657. The molecule has 0 aliphatic heterocycles. The molecule has 1 aromatic carbocycles. The number of nitrogens with one attached hydrogen (secondary N) is 2. The first kappa shape index (κ1) is 13.2. The molecule has 1 unspecified atom stereocenters. The number of halogens is 1. The van der Waals surface area contributed by atoms with E-state index in [-0.39, 0.29) is 23.1 Å². The monoisotopic (exact) mass is 376 g/mol. The highest BCUT2D eigenvalue weighted by Crippen LogP contribution is 2.32. The minimum absolute atomic E-state index is 0.0139. The van der Waals surface area contributed by atoms with E-state index in [0.29, 0.717) is 10.2 Å². The number of amides is 1. The van der Waals surface area contributed by atoms with Crippen LogP contribution in [0.1, 0.15) is 31.8 Å². The van der Waals surface area contributed by atoms with Crippen LogP contribution in [-0.4, -0.2) is 32.8 Å². The van der Waals surface area contributed by atoms with Gasteiger partial charge in [0.2, 0.25) is 5.91 Å². The van der Waals surface area contributed by atoms with Gasteiger partial charge in [-0.1, -0.05) is 13.8 Å². The van der Waals surface area contributed by atoms with E-state index >= 15 is 0 Å². The van der Waals surface area contributed by atoms with Crippen molar-refractivity contribution in [1.82, 2.24) is 10.6 Å². The van der Waals surface area contributed by atoms with Gasteiger partial charge < -0.3 is 14.8 Å². The van der Waals surface area contributed by atoms with Crippen molar-refractivity contribution in [3.8, 4) is 11.5 Å². The topological polar surface area (TPSA) is 59.6 Å². The zero-order valence-corrected chi connectivity index (χ0v) is 15.0. The molecule has 1 rings (SSSR count). The molecular formula is C16H25BrN2O3. The molecule has 2 N–H and O–H groups in total. The van der Waals surface area contributed by atoms with E-state index in [1.807, 2.05) is 0 Å². The van der Waals surface area contributed by atoms with Crippen molar-refractivity contribution < 1.29 is 19.8 Å².